The molecule has 1 amide bonds. The number of nitrogens with one attached hydrogen (secondary N) is 1. The highest BCUT2D eigenvalue weighted by Crippen LogP contribution is 2.40. The Balaban J connectivity index is 1.34. The average molecular weight is 547 g/mol. The molecule has 0 radical (unpaired) electrons. The molecule has 1 aromatic heterocycles. The summed E-state index contributed by atoms with van der Waals surface area (Å²) >= 11 is 0. The van der Waals surface area contributed by atoms with Gasteiger partial charge in [-0.3, -0.25) is 9.69 Å². The monoisotopic (exact) mass is 546 g/mol. The fourth-order valence-electron chi connectivity index (χ4n) is 5.10. The van der Waals surface area contributed by atoms with E-state index in [1.807, 2.05) is 12.1 Å². The predicted molar refractivity (Wildman–Crippen MR) is 140 cm³/mol. The molecule has 1 saturated carbocycles. The van der Waals surface area contributed by atoms with Gasteiger partial charge in [0.15, 0.2) is 0 Å². The van der Waals surface area contributed by atoms with Crippen LogP contribution in [0.3, 0.4) is 0 Å². The van der Waals surface area contributed by atoms with E-state index in [1.165, 1.54) is 25.9 Å². The van der Waals surface area contributed by atoms with Crippen molar-refractivity contribution in [1.82, 2.24) is 10.2 Å². The van der Waals surface area contributed by atoms with Gasteiger partial charge in [-0.15, -0.1) is 0 Å². The van der Waals surface area contributed by atoms with Crippen LogP contribution in [0.25, 0.3) is 22.1 Å². The third-order valence-corrected chi connectivity index (χ3v) is 7.54. The van der Waals surface area contributed by atoms with E-state index in [-0.39, 0.29) is 23.5 Å². The van der Waals surface area contributed by atoms with Gasteiger partial charge in [-0.1, -0.05) is 13.8 Å². The molecule has 0 spiro atoms. The van der Waals surface area contributed by atoms with Gasteiger partial charge in [0.25, 0.3) is 5.91 Å². The topological polar surface area (TPSA) is 73.2 Å². The molecule has 0 unspecified atom stereocenters. The van der Waals surface area contributed by atoms with E-state index >= 15 is 0 Å². The number of benzene rings is 2. The Morgan fingerprint density at radius 2 is 1.97 bits per heavy atom. The molecule has 1 N–H and O–H groups in total. The number of nitrogens with zero attached hydrogens (tertiary/aromatic N) is 1. The van der Waals surface area contributed by atoms with Crippen molar-refractivity contribution in [1.29, 1.82) is 0 Å². The van der Waals surface area contributed by atoms with Crippen LogP contribution in [0.5, 0.6) is 17.2 Å². The van der Waals surface area contributed by atoms with Gasteiger partial charge in [0.1, 0.15) is 41.2 Å². The number of fused-ring (bicyclic) bond motifs is 1. The summed E-state index contributed by atoms with van der Waals surface area (Å²) in [7, 11) is 1.32. The lowest BCUT2D eigenvalue weighted by atomic mass is 9.95. The molecule has 1 aliphatic heterocycles. The van der Waals surface area contributed by atoms with Gasteiger partial charge < -0.3 is 23.9 Å². The number of methoxy groups -OCH3 is 1. The Morgan fingerprint density at radius 3 is 2.64 bits per heavy atom. The summed E-state index contributed by atoms with van der Waals surface area (Å²) in [6.07, 6.45) is 1.75. The second-order valence-electron chi connectivity index (χ2n) is 10.5. The van der Waals surface area contributed by atoms with E-state index < -0.39 is 24.7 Å². The summed E-state index contributed by atoms with van der Waals surface area (Å²) in [5, 5.41) is 3.21. The Bertz CT molecular complexity index is 1330. The molecule has 1 aliphatic carbocycles. The van der Waals surface area contributed by atoms with Crippen molar-refractivity contribution in [3.05, 3.63) is 42.2 Å². The quantitative estimate of drug-likeness (QED) is 0.323. The van der Waals surface area contributed by atoms with Gasteiger partial charge in [0.2, 0.25) is 0 Å². The molecule has 2 aromatic carbocycles. The van der Waals surface area contributed by atoms with Crippen molar-refractivity contribution in [2.45, 2.75) is 45.5 Å². The van der Waals surface area contributed by atoms with Crippen LogP contribution >= 0.6 is 0 Å². The maximum Gasteiger partial charge on any atom is 0.387 e. The van der Waals surface area contributed by atoms with Crippen LogP contribution in [0.2, 0.25) is 0 Å². The molecule has 3 atom stereocenters. The summed E-state index contributed by atoms with van der Waals surface area (Å²) in [4.78, 5) is 15.2. The molecule has 39 heavy (non-hydrogen) atoms. The van der Waals surface area contributed by atoms with Gasteiger partial charge >= 0.3 is 6.61 Å². The van der Waals surface area contributed by atoms with Crippen molar-refractivity contribution in [3.8, 4) is 28.4 Å². The van der Waals surface area contributed by atoms with Gasteiger partial charge in [-0.05, 0) is 54.6 Å². The summed E-state index contributed by atoms with van der Waals surface area (Å²) in [6, 6.07) is 7.69. The fraction of sp³-hybridized carbons (Fsp3) is 0.483. The van der Waals surface area contributed by atoms with Crippen molar-refractivity contribution in [2.75, 3.05) is 33.4 Å². The first-order valence-electron chi connectivity index (χ1n) is 13.2. The summed E-state index contributed by atoms with van der Waals surface area (Å²) in [5.41, 5.74) is 1.39. The average Bonchev–Trinajstić information content (AvgIpc) is 3.26. The summed E-state index contributed by atoms with van der Waals surface area (Å²) in [5.74, 6) is 0.991. The van der Waals surface area contributed by atoms with Crippen LogP contribution in [0.1, 0.15) is 37.0 Å². The van der Waals surface area contributed by atoms with Crippen LogP contribution in [0.15, 0.2) is 41.0 Å². The Hall–Kier alpha value is -3.40. The van der Waals surface area contributed by atoms with Crippen molar-refractivity contribution < 1.29 is 36.6 Å². The zero-order valence-corrected chi connectivity index (χ0v) is 22.2. The molecule has 2 aliphatic rings. The number of furan rings is 1. The van der Waals surface area contributed by atoms with Gasteiger partial charge in [0.05, 0.1) is 19.4 Å². The largest absolute Gasteiger partial charge is 0.496 e. The second kappa shape index (κ2) is 11.4. The van der Waals surface area contributed by atoms with Crippen LogP contribution in [-0.2, 0) is 0 Å². The Labute approximate surface area is 225 Å². The van der Waals surface area contributed by atoms with E-state index in [2.05, 4.69) is 24.1 Å². The van der Waals surface area contributed by atoms with Crippen LogP contribution in [0.4, 0.5) is 13.2 Å². The third-order valence-electron chi connectivity index (χ3n) is 7.54. The van der Waals surface area contributed by atoms with E-state index in [0.717, 1.165) is 30.9 Å². The van der Waals surface area contributed by atoms with Crippen molar-refractivity contribution in [3.63, 3.8) is 0 Å². The minimum absolute atomic E-state index is 0.0210. The molecule has 2 heterocycles. The van der Waals surface area contributed by atoms with E-state index in [9.17, 15) is 18.0 Å². The first kappa shape index (κ1) is 27.2. The van der Waals surface area contributed by atoms with Crippen LogP contribution < -0.4 is 19.5 Å². The third kappa shape index (κ3) is 6.11. The minimum atomic E-state index is -3.18. The highest BCUT2D eigenvalue weighted by Gasteiger charge is 2.40. The number of halogens is 3. The fourth-order valence-corrected chi connectivity index (χ4v) is 5.10. The molecule has 0 bridgehead atoms. The van der Waals surface area contributed by atoms with Gasteiger partial charge in [-0.25, -0.2) is 4.39 Å². The highest BCUT2D eigenvalue weighted by molar-refractivity contribution is 6.02. The van der Waals surface area contributed by atoms with E-state index in [4.69, 9.17) is 18.6 Å². The van der Waals surface area contributed by atoms with Gasteiger partial charge in [0, 0.05) is 36.5 Å². The second-order valence-corrected chi connectivity index (χ2v) is 10.5. The first-order chi connectivity index (χ1) is 18.7. The molecular weight excluding hydrogens is 513 g/mol. The van der Waals surface area contributed by atoms with Crippen LogP contribution in [-0.4, -0.2) is 63.0 Å². The molecule has 10 heteroatoms. The Morgan fingerprint density at radius 1 is 1.21 bits per heavy atom. The maximum atomic E-state index is 13.3. The SMILES string of the molecule is COc1cc(-c2coc3cc(OCCN4CC[C@H](C(C)C)C4)ccc23)cc(OC(F)F)c1C(=O)N[C@@H]1C[C@@H]1F. The number of hydrogen-bond acceptors (Lipinski definition) is 6. The standard InChI is InChI=1S/C29H33F3N2O5/c1-16(2)17-6-7-34(14-17)8-9-37-19-4-5-20-21(15-38-24(20)12-19)18-10-25(36-3)27(26(11-18)39-29(31)32)28(35)33-23-13-22(23)30/h4-5,10-12,15-17,22-23,29H,6-9,13-14H2,1-3H3,(H,33,35)/t17-,22-,23+/m0/s1. The van der Waals surface area contributed by atoms with Crippen LogP contribution in [0, 0.1) is 11.8 Å². The molecule has 1 saturated heterocycles. The smallest absolute Gasteiger partial charge is 0.387 e. The molecule has 210 valence electrons. The molecule has 2 fully saturated rings. The zero-order chi connectivity index (χ0) is 27.7. The lowest BCUT2D eigenvalue weighted by molar-refractivity contribution is -0.0502. The first-order valence-corrected chi connectivity index (χ1v) is 13.2. The number of likely N-dealkylation sites (tertiary alicyclic amines) is 1. The lowest BCUT2D eigenvalue weighted by Crippen LogP contribution is -2.28. The molecule has 7 nitrogen and oxygen atoms in total. The zero-order valence-electron chi connectivity index (χ0n) is 22.2. The molecular formula is C29H33F3N2O5. The highest BCUT2D eigenvalue weighted by atomic mass is 19.3. The van der Waals surface area contributed by atoms with Gasteiger partial charge in [-0.2, -0.15) is 8.78 Å². The van der Waals surface area contributed by atoms with Crippen molar-refractivity contribution in [2.24, 2.45) is 11.8 Å². The number of carbonyl (C=O) groups is 1. The summed E-state index contributed by atoms with van der Waals surface area (Å²) < 4.78 is 61.7. The lowest BCUT2D eigenvalue weighted by Gasteiger charge is -2.18. The number of rotatable bonds is 11. The predicted octanol–water partition coefficient (Wildman–Crippen LogP) is 5.91. The maximum absolute atomic E-state index is 13.3. The summed E-state index contributed by atoms with van der Waals surface area (Å²) in [6.45, 7) is 4.95. The van der Waals surface area contributed by atoms with Crippen molar-refractivity contribution >= 4 is 16.9 Å². The number of hydrogen-bond donors (Lipinski definition) is 1. The Kier molecular flexibility index (Phi) is 7.93. The number of alkyl halides is 3. The van der Waals surface area contributed by atoms with E-state index in [0.29, 0.717) is 35.0 Å². The number of amides is 1. The minimum Gasteiger partial charge on any atom is -0.496 e. The molecule has 3 aromatic rings. The number of ether oxygens (including phenoxy) is 3. The van der Waals surface area contributed by atoms with E-state index in [1.54, 1.807) is 12.1 Å². The number of carbonyl (C=O) groups excluding carboxylic acids is 1. The normalized spacial score (nSPS) is 21.1. The molecule has 5 rings (SSSR count).